The van der Waals surface area contributed by atoms with E-state index < -0.39 is 10.0 Å². The highest BCUT2D eigenvalue weighted by atomic mass is 32.2. The highest BCUT2D eigenvalue weighted by Crippen LogP contribution is 2.20. The van der Waals surface area contributed by atoms with E-state index in [0.29, 0.717) is 11.4 Å². The van der Waals surface area contributed by atoms with Gasteiger partial charge in [0.05, 0.1) is 9.90 Å². The number of aryl methyl sites for hydroxylation is 1. The average Bonchev–Trinajstić information content (AvgIpc) is 2.97. The zero-order valence-corrected chi connectivity index (χ0v) is 13.1. The van der Waals surface area contributed by atoms with E-state index in [2.05, 4.69) is 15.0 Å². The summed E-state index contributed by atoms with van der Waals surface area (Å²) in [5.74, 6) is 0. The summed E-state index contributed by atoms with van der Waals surface area (Å²) in [6, 6.07) is 1.70. The van der Waals surface area contributed by atoms with Crippen molar-refractivity contribution in [3.05, 3.63) is 32.4 Å². The number of sulfonamides is 1. The van der Waals surface area contributed by atoms with Crippen molar-refractivity contribution in [2.45, 2.75) is 24.9 Å². The van der Waals surface area contributed by atoms with E-state index in [1.54, 1.807) is 17.6 Å². The summed E-state index contributed by atoms with van der Waals surface area (Å²) in [4.78, 5) is 6.32. The Bertz CT molecular complexity index is 646. The SMILES string of the molecule is CNCc1cc(S(=O)(=O)NCc2cnc(C)s2)cs1. The van der Waals surface area contributed by atoms with E-state index in [1.807, 2.05) is 14.0 Å². The Balaban J connectivity index is 2.04. The second-order valence-corrected chi connectivity index (χ2v) is 8.03. The Morgan fingerprint density at radius 1 is 1.32 bits per heavy atom. The monoisotopic (exact) mass is 317 g/mol. The molecule has 2 N–H and O–H groups in total. The highest BCUT2D eigenvalue weighted by molar-refractivity contribution is 7.89. The van der Waals surface area contributed by atoms with Gasteiger partial charge in [-0.2, -0.15) is 0 Å². The minimum Gasteiger partial charge on any atom is -0.315 e. The van der Waals surface area contributed by atoms with Gasteiger partial charge in [0.25, 0.3) is 0 Å². The van der Waals surface area contributed by atoms with Crippen LogP contribution in [0.4, 0.5) is 0 Å². The van der Waals surface area contributed by atoms with Crippen molar-refractivity contribution in [1.29, 1.82) is 0 Å². The summed E-state index contributed by atoms with van der Waals surface area (Å²) in [5, 5.41) is 5.59. The molecule has 19 heavy (non-hydrogen) atoms. The summed E-state index contributed by atoms with van der Waals surface area (Å²) < 4.78 is 26.8. The molecule has 0 saturated heterocycles. The van der Waals surface area contributed by atoms with E-state index >= 15 is 0 Å². The standard InChI is InChI=1S/C11H15N3O2S3/c1-8-13-5-10(18-8)6-14-19(15,16)11-3-9(4-12-2)17-7-11/h3,5,7,12,14H,4,6H2,1-2H3. The van der Waals surface area contributed by atoms with E-state index in [0.717, 1.165) is 14.8 Å². The zero-order valence-electron chi connectivity index (χ0n) is 10.6. The van der Waals surface area contributed by atoms with Crippen molar-refractivity contribution in [2.75, 3.05) is 7.05 Å². The van der Waals surface area contributed by atoms with Crippen LogP contribution >= 0.6 is 22.7 Å². The van der Waals surface area contributed by atoms with Crippen molar-refractivity contribution in [3.63, 3.8) is 0 Å². The van der Waals surface area contributed by atoms with Crippen LogP contribution in [0.1, 0.15) is 14.8 Å². The molecule has 0 bridgehead atoms. The third-order valence-electron chi connectivity index (χ3n) is 2.40. The molecule has 0 aliphatic heterocycles. The summed E-state index contributed by atoms with van der Waals surface area (Å²) in [6.45, 7) is 2.85. The Labute approximate surface area is 120 Å². The second kappa shape index (κ2) is 6.10. The van der Waals surface area contributed by atoms with Gasteiger partial charge in [0.1, 0.15) is 0 Å². The van der Waals surface area contributed by atoms with Gasteiger partial charge in [-0.3, -0.25) is 0 Å². The molecule has 0 saturated carbocycles. The van der Waals surface area contributed by atoms with Crippen LogP contribution in [0.3, 0.4) is 0 Å². The molecule has 0 amide bonds. The lowest BCUT2D eigenvalue weighted by molar-refractivity contribution is 0.582. The molecule has 0 atom stereocenters. The molecule has 0 unspecified atom stereocenters. The van der Waals surface area contributed by atoms with Gasteiger partial charge in [-0.15, -0.1) is 22.7 Å². The number of nitrogens with one attached hydrogen (secondary N) is 2. The Hall–Kier alpha value is -0.800. The van der Waals surface area contributed by atoms with E-state index in [9.17, 15) is 8.42 Å². The summed E-state index contributed by atoms with van der Waals surface area (Å²) in [6.07, 6.45) is 1.70. The minimum atomic E-state index is -3.44. The number of hydrogen-bond donors (Lipinski definition) is 2. The molecule has 0 spiro atoms. The molecule has 0 aliphatic rings. The van der Waals surface area contributed by atoms with Crippen molar-refractivity contribution in [2.24, 2.45) is 0 Å². The minimum absolute atomic E-state index is 0.283. The molecule has 0 radical (unpaired) electrons. The van der Waals surface area contributed by atoms with Gasteiger partial charge in [0, 0.05) is 34.4 Å². The predicted octanol–water partition coefficient (Wildman–Crippen LogP) is 1.71. The first kappa shape index (κ1) is 14.6. The van der Waals surface area contributed by atoms with Gasteiger partial charge in [0.2, 0.25) is 10.0 Å². The number of aromatic nitrogens is 1. The maximum atomic E-state index is 12.1. The van der Waals surface area contributed by atoms with Gasteiger partial charge in [0.15, 0.2) is 0 Å². The smallest absolute Gasteiger partial charge is 0.241 e. The van der Waals surface area contributed by atoms with Crippen LogP contribution in [0, 0.1) is 6.92 Å². The highest BCUT2D eigenvalue weighted by Gasteiger charge is 2.16. The molecule has 5 nitrogen and oxygen atoms in total. The first-order chi connectivity index (χ1) is 9.01. The van der Waals surface area contributed by atoms with Gasteiger partial charge in [-0.25, -0.2) is 18.1 Å². The second-order valence-electron chi connectivity index (χ2n) is 3.95. The molecule has 2 aromatic rings. The molecule has 2 aromatic heterocycles. The van der Waals surface area contributed by atoms with Gasteiger partial charge < -0.3 is 5.32 Å². The summed E-state index contributed by atoms with van der Waals surface area (Å²) >= 11 is 2.93. The quantitative estimate of drug-likeness (QED) is 0.851. The number of thiazole rings is 1. The largest absolute Gasteiger partial charge is 0.315 e. The fourth-order valence-corrected chi connectivity index (χ4v) is 4.62. The van der Waals surface area contributed by atoms with Crippen LogP contribution in [-0.4, -0.2) is 20.4 Å². The van der Waals surface area contributed by atoms with Crippen LogP contribution in [0.5, 0.6) is 0 Å². The van der Waals surface area contributed by atoms with Crippen LogP contribution < -0.4 is 10.0 Å². The van der Waals surface area contributed by atoms with Crippen molar-refractivity contribution in [1.82, 2.24) is 15.0 Å². The van der Waals surface area contributed by atoms with Gasteiger partial charge in [-0.1, -0.05) is 0 Å². The van der Waals surface area contributed by atoms with Crippen molar-refractivity contribution in [3.8, 4) is 0 Å². The van der Waals surface area contributed by atoms with Crippen LogP contribution in [0.25, 0.3) is 0 Å². The molecular formula is C11H15N3O2S3. The number of rotatable bonds is 6. The van der Waals surface area contributed by atoms with Crippen LogP contribution in [0.2, 0.25) is 0 Å². The maximum Gasteiger partial charge on any atom is 0.241 e. The Kier molecular flexibility index (Phi) is 4.69. The molecular weight excluding hydrogens is 302 g/mol. The van der Waals surface area contributed by atoms with E-state index in [-0.39, 0.29) is 6.54 Å². The predicted molar refractivity (Wildman–Crippen MR) is 78.0 cm³/mol. The molecule has 2 heterocycles. The number of thiophene rings is 1. The first-order valence-corrected chi connectivity index (χ1v) is 8.82. The lowest BCUT2D eigenvalue weighted by Crippen LogP contribution is -2.22. The summed E-state index contributed by atoms with van der Waals surface area (Å²) in [7, 11) is -1.60. The molecule has 0 aliphatic carbocycles. The van der Waals surface area contributed by atoms with Crippen molar-refractivity contribution >= 4 is 32.7 Å². The lowest BCUT2D eigenvalue weighted by atomic mass is 10.5. The molecule has 104 valence electrons. The lowest BCUT2D eigenvalue weighted by Gasteiger charge is -2.02. The normalized spacial score (nSPS) is 11.9. The van der Waals surface area contributed by atoms with E-state index in [4.69, 9.17) is 0 Å². The molecule has 8 heteroatoms. The maximum absolute atomic E-state index is 12.1. The molecule has 0 fully saturated rings. The third kappa shape index (κ3) is 3.83. The fraction of sp³-hybridized carbons (Fsp3) is 0.364. The van der Waals surface area contributed by atoms with Gasteiger partial charge in [-0.05, 0) is 20.0 Å². The van der Waals surface area contributed by atoms with Crippen LogP contribution in [0.15, 0.2) is 22.5 Å². The fourth-order valence-electron chi connectivity index (χ4n) is 1.50. The third-order valence-corrected chi connectivity index (χ3v) is 5.78. The number of nitrogens with zero attached hydrogens (tertiary/aromatic N) is 1. The molecule has 2 rings (SSSR count). The van der Waals surface area contributed by atoms with E-state index in [1.165, 1.54) is 22.7 Å². The Morgan fingerprint density at radius 2 is 2.11 bits per heavy atom. The zero-order chi connectivity index (χ0) is 13.9. The van der Waals surface area contributed by atoms with Crippen LogP contribution in [-0.2, 0) is 23.1 Å². The van der Waals surface area contributed by atoms with Crippen molar-refractivity contribution < 1.29 is 8.42 Å². The van der Waals surface area contributed by atoms with Gasteiger partial charge >= 0.3 is 0 Å². The summed E-state index contributed by atoms with van der Waals surface area (Å²) in [5.41, 5.74) is 0. The topological polar surface area (TPSA) is 71.1 Å². The average molecular weight is 317 g/mol. The molecule has 0 aromatic carbocycles. The Morgan fingerprint density at radius 3 is 2.74 bits per heavy atom. The first-order valence-electron chi connectivity index (χ1n) is 5.64. The number of hydrogen-bond acceptors (Lipinski definition) is 6.